The van der Waals surface area contributed by atoms with Gasteiger partial charge in [-0.05, 0) is 45.0 Å². The van der Waals surface area contributed by atoms with Crippen molar-refractivity contribution in [3.8, 4) is 11.5 Å². The Balaban J connectivity index is 1.68. The summed E-state index contributed by atoms with van der Waals surface area (Å²) in [4.78, 5) is 20.1. The van der Waals surface area contributed by atoms with Gasteiger partial charge in [-0.25, -0.2) is 14.2 Å². The van der Waals surface area contributed by atoms with Crippen molar-refractivity contribution < 1.29 is 18.3 Å². The van der Waals surface area contributed by atoms with Crippen LogP contribution in [0.25, 0.3) is 11.5 Å². The highest BCUT2D eigenvalue weighted by atomic mass is 19.1. The van der Waals surface area contributed by atoms with E-state index in [9.17, 15) is 9.18 Å². The summed E-state index contributed by atoms with van der Waals surface area (Å²) in [6.07, 6.45) is 1.76. The first-order valence-electron chi connectivity index (χ1n) is 9.38. The molecule has 0 fully saturated rings. The molecule has 1 amide bonds. The molecule has 0 aliphatic rings. The molecule has 3 N–H and O–H groups in total. The predicted molar refractivity (Wildman–Crippen MR) is 109 cm³/mol. The Bertz CT molecular complexity index is 812. The third kappa shape index (κ3) is 8.20. The van der Waals surface area contributed by atoms with E-state index < -0.39 is 11.7 Å². The number of rotatable bonds is 7. The van der Waals surface area contributed by atoms with Gasteiger partial charge in [-0.2, -0.15) is 0 Å². The van der Waals surface area contributed by atoms with E-state index in [0.717, 1.165) is 11.3 Å². The van der Waals surface area contributed by atoms with Gasteiger partial charge in [0.1, 0.15) is 17.7 Å². The van der Waals surface area contributed by atoms with Crippen LogP contribution in [0, 0.1) is 5.82 Å². The molecule has 1 aromatic carbocycles. The lowest BCUT2D eigenvalue weighted by molar-refractivity contribution is 0.0529. The molecule has 2 aromatic rings. The Morgan fingerprint density at radius 2 is 1.79 bits per heavy atom. The maximum atomic E-state index is 13.0. The number of halogens is 1. The van der Waals surface area contributed by atoms with Gasteiger partial charge in [-0.1, -0.05) is 0 Å². The highest BCUT2D eigenvalue weighted by Gasteiger charge is 2.15. The van der Waals surface area contributed by atoms with Crippen molar-refractivity contribution in [2.75, 3.05) is 26.7 Å². The standard InChI is InChI=1S/C20H28FN5O3/c1-20(2,3)29-19(27)25-12-11-24-18(22-4)23-10-9-16-13-28-17(26-16)14-5-7-15(21)8-6-14/h5-8,13H,9-12H2,1-4H3,(H,25,27)(H2,22,23,24). The van der Waals surface area contributed by atoms with Gasteiger partial charge in [0.05, 0.1) is 5.69 Å². The molecule has 158 valence electrons. The van der Waals surface area contributed by atoms with Crippen LogP contribution in [0.5, 0.6) is 0 Å². The maximum absolute atomic E-state index is 13.0. The number of oxazole rings is 1. The van der Waals surface area contributed by atoms with Crippen LogP contribution in [0.3, 0.4) is 0 Å². The molecular formula is C20H28FN5O3. The van der Waals surface area contributed by atoms with Crippen LogP contribution in [0.15, 0.2) is 39.9 Å². The number of hydrogen-bond donors (Lipinski definition) is 3. The lowest BCUT2D eigenvalue weighted by Gasteiger charge is -2.19. The zero-order chi connectivity index (χ0) is 21.3. The third-order valence-corrected chi connectivity index (χ3v) is 3.63. The van der Waals surface area contributed by atoms with Crippen molar-refractivity contribution in [3.63, 3.8) is 0 Å². The average Bonchev–Trinajstić information content (AvgIpc) is 3.11. The van der Waals surface area contributed by atoms with Crippen LogP contribution in [0.4, 0.5) is 9.18 Å². The first-order chi connectivity index (χ1) is 13.8. The van der Waals surface area contributed by atoms with Gasteiger partial charge in [-0.3, -0.25) is 4.99 Å². The molecule has 0 radical (unpaired) electrons. The van der Waals surface area contributed by atoms with E-state index in [1.54, 1.807) is 25.4 Å². The second-order valence-electron chi connectivity index (χ2n) is 7.26. The first kappa shape index (κ1) is 22.2. The van der Waals surface area contributed by atoms with Crippen molar-refractivity contribution in [2.45, 2.75) is 32.8 Å². The molecule has 1 aromatic heterocycles. The fraction of sp³-hybridized carbons (Fsp3) is 0.450. The minimum atomic E-state index is -0.521. The summed E-state index contributed by atoms with van der Waals surface area (Å²) in [5, 5.41) is 8.93. The van der Waals surface area contributed by atoms with Crippen LogP contribution in [0.2, 0.25) is 0 Å². The lowest BCUT2D eigenvalue weighted by Crippen LogP contribution is -2.43. The molecule has 0 aliphatic heterocycles. The van der Waals surface area contributed by atoms with Gasteiger partial charge in [0.15, 0.2) is 5.96 Å². The molecule has 9 heteroatoms. The number of hydrogen-bond acceptors (Lipinski definition) is 5. The van der Waals surface area contributed by atoms with Crippen LogP contribution < -0.4 is 16.0 Å². The summed E-state index contributed by atoms with van der Waals surface area (Å²) in [6.45, 7) is 6.93. The van der Waals surface area contributed by atoms with Gasteiger partial charge in [-0.15, -0.1) is 0 Å². The Morgan fingerprint density at radius 1 is 1.14 bits per heavy atom. The molecule has 0 aliphatic carbocycles. The van der Waals surface area contributed by atoms with Crippen molar-refractivity contribution in [3.05, 3.63) is 42.0 Å². The second-order valence-corrected chi connectivity index (χ2v) is 7.26. The minimum Gasteiger partial charge on any atom is -0.444 e. The quantitative estimate of drug-likeness (QED) is 0.372. The summed E-state index contributed by atoms with van der Waals surface area (Å²) in [5.41, 5.74) is 0.978. The molecular weight excluding hydrogens is 377 g/mol. The second kappa shape index (κ2) is 10.4. The van der Waals surface area contributed by atoms with Crippen LogP contribution >= 0.6 is 0 Å². The number of aliphatic imine (C=N–C) groups is 1. The number of guanidine groups is 1. The molecule has 1 heterocycles. The minimum absolute atomic E-state index is 0.301. The van der Waals surface area contributed by atoms with Crippen LogP contribution in [0.1, 0.15) is 26.5 Å². The first-order valence-corrected chi connectivity index (χ1v) is 9.38. The number of nitrogens with zero attached hydrogens (tertiary/aromatic N) is 2. The number of nitrogens with one attached hydrogen (secondary N) is 3. The highest BCUT2D eigenvalue weighted by Crippen LogP contribution is 2.18. The maximum Gasteiger partial charge on any atom is 0.407 e. The van der Waals surface area contributed by atoms with E-state index in [1.807, 2.05) is 20.8 Å². The topological polar surface area (TPSA) is 101 Å². The number of alkyl carbamates (subject to hydrolysis) is 1. The smallest absolute Gasteiger partial charge is 0.407 e. The molecule has 2 rings (SSSR count). The SMILES string of the molecule is CN=C(NCCNC(=O)OC(C)(C)C)NCCc1coc(-c2ccc(F)cc2)n1. The summed E-state index contributed by atoms with van der Waals surface area (Å²) < 4.78 is 23.6. The number of carbonyl (C=O) groups is 1. The lowest BCUT2D eigenvalue weighted by atomic mass is 10.2. The van der Waals surface area contributed by atoms with E-state index in [2.05, 4.69) is 25.9 Å². The number of benzene rings is 1. The normalized spacial score (nSPS) is 11.8. The average molecular weight is 405 g/mol. The summed E-state index contributed by atoms with van der Waals surface area (Å²) in [6, 6.07) is 5.99. The predicted octanol–water partition coefficient (Wildman–Crippen LogP) is 2.71. The number of ether oxygens (including phenoxy) is 1. The van der Waals surface area contributed by atoms with Crippen molar-refractivity contribution in [2.24, 2.45) is 4.99 Å². The van der Waals surface area contributed by atoms with E-state index in [1.165, 1.54) is 12.1 Å². The van der Waals surface area contributed by atoms with Gasteiger partial charge < -0.3 is 25.1 Å². The molecule has 0 saturated heterocycles. The Hall–Kier alpha value is -3.10. The zero-order valence-corrected chi connectivity index (χ0v) is 17.2. The van der Waals surface area contributed by atoms with Crippen molar-refractivity contribution >= 4 is 12.1 Å². The Morgan fingerprint density at radius 3 is 2.45 bits per heavy atom. The Kier molecular flexibility index (Phi) is 7.99. The number of aromatic nitrogens is 1. The summed E-state index contributed by atoms with van der Waals surface area (Å²) in [7, 11) is 1.67. The Labute approximate surface area is 170 Å². The molecule has 0 atom stereocenters. The summed E-state index contributed by atoms with van der Waals surface area (Å²) in [5.74, 6) is 0.763. The summed E-state index contributed by atoms with van der Waals surface area (Å²) >= 11 is 0. The number of carbonyl (C=O) groups excluding carboxylic acids is 1. The van der Waals surface area contributed by atoms with Crippen LogP contribution in [-0.2, 0) is 11.2 Å². The molecule has 0 spiro atoms. The van der Waals surface area contributed by atoms with E-state index in [0.29, 0.717) is 37.9 Å². The molecule has 0 unspecified atom stereocenters. The van der Waals surface area contributed by atoms with Gasteiger partial charge in [0.2, 0.25) is 5.89 Å². The van der Waals surface area contributed by atoms with Crippen molar-refractivity contribution in [1.82, 2.24) is 20.9 Å². The molecule has 29 heavy (non-hydrogen) atoms. The monoisotopic (exact) mass is 405 g/mol. The third-order valence-electron chi connectivity index (χ3n) is 3.63. The van der Waals surface area contributed by atoms with E-state index in [-0.39, 0.29) is 5.82 Å². The largest absolute Gasteiger partial charge is 0.444 e. The number of amides is 1. The van der Waals surface area contributed by atoms with Gasteiger partial charge >= 0.3 is 6.09 Å². The van der Waals surface area contributed by atoms with Crippen LogP contribution in [-0.4, -0.2) is 49.3 Å². The molecule has 8 nitrogen and oxygen atoms in total. The molecule has 0 bridgehead atoms. The highest BCUT2D eigenvalue weighted by molar-refractivity contribution is 5.79. The zero-order valence-electron chi connectivity index (χ0n) is 17.2. The van der Waals surface area contributed by atoms with E-state index >= 15 is 0 Å². The van der Waals surface area contributed by atoms with E-state index in [4.69, 9.17) is 9.15 Å². The fourth-order valence-electron chi connectivity index (χ4n) is 2.34. The van der Waals surface area contributed by atoms with Gasteiger partial charge in [0.25, 0.3) is 0 Å². The molecule has 0 saturated carbocycles. The van der Waals surface area contributed by atoms with Gasteiger partial charge in [0, 0.05) is 38.7 Å². The fourth-order valence-corrected chi connectivity index (χ4v) is 2.34. The van der Waals surface area contributed by atoms with Crippen molar-refractivity contribution in [1.29, 1.82) is 0 Å².